The summed E-state index contributed by atoms with van der Waals surface area (Å²) in [5, 5.41) is 17.5. The lowest BCUT2D eigenvalue weighted by molar-refractivity contribution is -0.125. The van der Waals surface area contributed by atoms with Crippen LogP contribution in [0.4, 0.5) is 0 Å². The first-order valence-electron chi connectivity index (χ1n) is 7.39. The molecule has 1 saturated heterocycles. The molecule has 1 aliphatic rings. The Hall–Kier alpha value is -1.01. The minimum absolute atomic E-state index is 0.00276. The number of nitrogens with one attached hydrogen (secondary N) is 1. The molecule has 118 valence electrons. The Labute approximate surface area is 130 Å². The second kappa shape index (κ2) is 6.40. The van der Waals surface area contributed by atoms with Gasteiger partial charge in [-0.25, -0.2) is 0 Å². The van der Waals surface area contributed by atoms with Crippen LogP contribution in [0.2, 0.25) is 0 Å². The van der Waals surface area contributed by atoms with Gasteiger partial charge in [0.1, 0.15) is 0 Å². The van der Waals surface area contributed by atoms with Crippen molar-refractivity contribution in [2.45, 2.75) is 39.2 Å². The van der Waals surface area contributed by atoms with Crippen molar-refractivity contribution in [2.75, 3.05) is 18.1 Å². The summed E-state index contributed by atoms with van der Waals surface area (Å²) in [6, 6.07) is 0. The lowest BCUT2D eigenvalue weighted by Crippen LogP contribution is -2.44. The summed E-state index contributed by atoms with van der Waals surface area (Å²) >= 11 is 1.74. The Bertz CT molecular complexity index is 521. The molecule has 2 unspecified atom stereocenters. The van der Waals surface area contributed by atoms with Crippen molar-refractivity contribution in [3.8, 4) is 0 Å². The van der Waals surface area contributed by atoms with Gasteiger partial charge in [0.2, 0.25) is 5.91 Å². The first kappa shape index (κ1) is 16.4. The zero-order valence-electron chi connectivity index (χ0n) is 13.3. The van der Waals surface area contributed by atoms with Gasteiger partial charge < -0.3 is 10.4 Å². The number of hydrogen-bond donors (Lipinski definition) is 2. The fraction of sp³-hybridized carbons (Fsp3) is 0.733. The van der Waals surface area contributed by atoms with Crippen LogP contribution in [0.25, 0.3) is 0 Å². The van der Waals surface area contributed by atoms with Crippen molar-refractivity contribution < 1.29 is 9.90 Å². The van der Waals surface area contributed by atoms with E-state index in [2.05, 4.69) is 10.4 Å². The Morgan fingerprint density at radius 3 is 2.81 bits per heavy atom. The first-order chi connectivity index (χ1) is 9.82. The van der Waals surface area contributed by atoms with E-state index in [1.165, 1.54) is 0 Å². The van der Waals surface area contributed by atoms with Gasteiger partial charge in [-0.05, 0) is 38.0 Å². The van der Waals surface area contributed by atoms with E-state index in [1.54, 1.807) is 11.8 Å². The second-order valence-electron chi connectivity index (χ2n) is 6.12. The molecular weight excluding hydrogens is 286 g/mol. The van der Waals surface area contributed by atoms with Gasteiger partial charge in [-0.1, -0.05) is 6.92 Å². The number of nitrogens with zero attached hydrogens (tertiary/aromatic N) is 2. The van der Waals surface area contributed by atoms with Gasteiger partial charge >= 0.3 is 0 Å². The van der Waals surface area contributed by atoms with Gasteiger partial charge in [-0.2, -0.15) is 16.9 Å². The highest BCUT2D eigenvalue weighted by Gasteiger charge is 2.32. The van der Waals surface area contributed by atoms with E-state index in [0.717, 1.165) is 29.1 Å². The summed E-state index contributed by atoms with van der Waals surface area (Å²) in [6.07, 6.45) is 1.44. The molecule has 0 aromatic carbocycles. The van der Waals surface area contributed by atoms with E-state index < -0.39 is 5.60 Å². The van der Waals surface area contributed by atoms with Gasteiger partial charge in [0.05, 0.1) is 11.3 Å². The lowest BCUT2D eigenvalue weighted by atomic mass is 9.98. The van der Waals surface area contributed by atoms with E-state index >= 15 is 0 Å². The molecule has 2 N–H and O–H groups in total. The SMILES string of the molecule is Cc1nn(C)c(C)c1CC(C)C(=O)NCC1(O)CCSC1. The van der Waals surface area contributed by atoms with E-state index in [4.69, 9.17) is 0 Å². The first-order valence-corrected chi connectivity index (χ1v) is 8.55. The molecule has 2 heterocycles. The van der Waals surface area contributed by atoms with Crippen LogP contribution < -0.4 is 5.32 Å². The normalized spacial score (nSPS) is 23.3. The third-order valence-corrected chi connectivity index (χ3v) is 5.53. The summed E-state index contributed by atoms with van der Waals surface area (Å²) in [5.41, 5.74) is 2.52. The zero-order chi connectivity index (χ0) is 15.6. The van der Waals surface area contributed by atoms with Crippen LogP contribution >= 0.6 is 11.8 Å². The standard InChI is InChI=1S/C15H25N3O2S/c1-10(7-13-11(2)17-18(4)12(13)3)14(19)16-8-15(20)5-6-21-9-15/h10,20H,5-9H2,1-4H3,(H,16,19). The number of carbonyl (C=O) groups is 1. The summed E-state index contributed by atoms with van der Waals surface area (Å²) in [6.45, 7) is 6.28. The summed E-state index contributed by atoms with van der Waals surface area (Å²) in [5.74, 6) is 1.56. The van der Waals surface area contributed by atoms with E-state index in [1.807, 2.05) is 32.5 Å². The summed E-state index contributed by atoms with van der Waals surface area (Å²) in [7, 11) is 1.92. The van der Waals surface area contributed by atoms with E-state index in [9.17, 15) is 9.90 Å². The Balaban J connectivity index is 1.90. The number of aromatic nitrogens is 2. The molecule has 1 aromatic heterocycles. The minimum Gasteiger partial charge on any atom is -0.387 e. The molecule has 5 nitrogen and oxygen atoms in total. The molecule has 2 rings (SSSR count). The van der Waals surface area contributed by atoms with Crippen LogP contribution in [0.3, 0.4) is 0 Å². The molecule has 1 amide bonds. The molecule has 0 aliphatic carbocycles. The van der Waals surface area contributed by atoms with Crippen LogP contribution in [-0.2, 0) is 18.3 Å². The van der Waals surface area contributed by atoms with Gasteiger partial charge in [-0.15, -0.1) is 0 Å². The molecule has 0 radical (unpaired) electrons. The highest BCUT2D eigenvalue weighted by atomic mass is 32.2. The maximum Gasteiger partial charge on any atom is 0.223 e. The van der Waals surface area contributed by atoms with Gasteiger partial charge in [0, 0.05) is 31.0 Å². The van der Waals surface area contributed by atoms with Crippen LogP contribution in [0, 0.1) is 19.8 Å². The number of amides is 1. The third kappa shape index (κ3) is 3.80. The van der Waals surface area contributed by atoms with Crippen molar-refractivity contribution >= 4 is 17.7 Å². The number of rotatable bonds is 5. The molecular formula is C15H25N3O2S. The van der Waals surface area contributed by atoms with Gasteiger partial charge in [0.15, 0.2) is 0 Å². The molecule has 0 bridgehead atoms. The van der Waals surface area contributed by atoms with Gasteiger partial charge in [0.25, 0.3) is 0 Å². The molecule has 0 spiro atoms. The maximum absolute atomic E-state index is 12.2. The topological polar surface area (TPSA) is 67.2 Å². The Morgan fingerprint density at radius 2 is 2.29 bits per heavy atom. The van der Waals surface area contributed by atoms with Crippen LogP contribution in [-0.4, -0.2) is 44.4 Å². The quantitative estimate of drug-likeness (QED) is 0.857. The van der Waals surface area contributed by atoms with Crippen molar-refractivity contribution in [2.24, 2.45) is 13.0 Å². The number of thioether (sulfide) groups is 1. The molecule has 1 fully saturated rings. The molecule has 1 aliphatic heterocycles. The van der Waals surface area contributed by atoms with E-state index in [-0.39, 0.29) is 11.8 Å². The molecule has 2 atom stereocenters. The predicted octanol–water partition coefficient (Wildman–Crippen LogP) is 1.20. The number of carbonyl (C=O) groups excluding carboxylic acids is 1. The molecule has 6 heteroatoms. The van der Waals surface area contributed by atoms with Crippen LogP contribution in [0.15, 0.2) is 0 Å². The Kier molecular flexibility index (Phi) is 4.99. The average Bonchev–Trinajstić information content (AvgIpc) is 2.96. The lowest BCUT2D eigenvalue weighted by Gasteiger charge is -2.22. The smallest absolute Gasteiger partial charge is 0.223 e. The fourth-order valence-corrected chi connectivity index (χ4v) is 3.97. The highest BCUT2D eigenvalue weighted by Crippen LogP contribution is 2.27. The number of aliphatic hydroxyl groups is 1. The fourth-order valence-electron chi connectivity index (χ4n) is 2.67. The van der Waals surface area contributed by atoms with Crippen molar-refractivity contribution in [3.05, 3.63) is 17.0 Å². The molecule has 1 aromatic rings. The van der Waals surface area contributed by atoms with Crippen molar-refractivity contribution in [1.29, 1.82) is 0 Å². The summed E-state index contributed by atoms with van der Waals surface area (Å²) in [4.78, 5) is 12.2. The maximum atomic E-state index is 12.2. The largest absolute Gasteiger partial charge is 0.387 e. The van der Waals surface area contributed by atoms with Crippen molar-refractivity contribution in [1.82, 2.24) is 15.1 Å². The Morgan fingerprint density at radius 1 is 1.57 bits per heavy atom. The average molecular weight is 311 g/mol. The second-order valence-corrected chi connectivity index (χ2v) is 7.23. The number of aryl methyl sites for hydroxylation is 2. The third-order valence-electron chi connectivity index (χ3n) is 4.29. The monoisotopic (exact) mass is 311 g/mol. The molecule has 21 heavy (non-hydrogen) atoms. The highest BCUT2D eigenvalue weighted by molar-refractivity contribution is 7.99. The van der Waals surface area contributed by atoms with Gasteiger partial charge in [-0.3, -0.25) is 9.48 Å². The molecule has 0 saturated carbocycles. The van der Waals surface area contributed by atoms with E-state index in [0.29, 0.717) is 18.7 Å². The minimum atomic E-state index is -0.722. The van der Waals surface area contributed by atoms with Crippen molar-refractivity contribution in [3.63, 3.8) is 0 Å². The number of hydrogen-bond acceptors (Lipinski definition) is 4. The predicted molar refractivity (Wildman–Crippen MR) is 85.5 cm³/mol. The van der Waals surface area contributed by atoms with Crippen LogP contribution in [0.5, 0.6) is 0 Å². The summed E-state index contributed by atoms with van der Waals surface area (Å²) < 4.78 is 1.85. The zero-order valence-corrected chi connectivity index (χ0v) is 14.1. The van der Waals surface area contributed by atoms with Crippen LogP contribution in [0.1, 0.15) is 30.3 Å².